The largest absolute Gasteiger partial charge is 0.497 e. The number of anilines is 2. The Bertz CT molecular complexity index is 1040. The monoisotopic (exact) mass is 410 g/mol. The minimum absolute atomic E-state index is 0.00531. The zero-order chi connectivity index (χ0) is 20.4. The molecular formula is C21H22N4O3S. The first-order valence-corrected chi connectivity index (χ1v) is 10.4. The molecule has 1 N–H and O–H groups in total. The molecule has 0 atom stereocenters. The molecule has 1 aromatic carbocycles. The molecule has 7 nitrogen and oxygen atoms in total. The first kappa shape index (κ1) is 19.3. The van der Waals surface area contributed by atoms with E-state index in [9.17, 15) is 9.59 Å². The lowest BCUT2D eigenvalue weighted by atomic mass is 9.89. The summed E-state index contributed by atoms with van der Waals surface area (Å²) in [7, 11) is 1.61. The Morgan fingerprint density at radius 3 is 2.52 bits per heavy atom. The van der Waals surface area contributed by atoms with Crippen LogP contribution in [0.25, 0.3) is 10.2 Å². The molecule has 3 aromatic rings. The Hall–Kier alpha value is -3.00. The molecule has 0 aliphatic carbocycles. The summed E-state index contributed by atoms with van der Waals surface area (Å²) in [6.45, 7) is 2.90. The van der Waals surface area contributed by atoms with E-state index in [1.54, 1.807) is 7.11 Å². The maximum absolute atomic E-state index is 12.9. The summed E-state index contributed by atoms with van der Waals surface area (Å²) < 4.78 is 5.16. The van der Waals surface area contributed by atoms with Crippen LogP contribution in [0.2, 0.25) is 0 Å². The van der Waals surface area contributed by atoms with Crippen molar-refractivity contribution >= 4 is 45.0 Å². The van der Waals surface area contributed by atoms with Crippen molar-refractivity contribution in [2.75, 3.05) is 30.4 Å². The lowest BCUT2D eigenvalue weighted by Gasteiger charge is -2.32. The van der Waals surface area contributed by atoms with Crippen LogP contribution in [0.15, 0.2) is 35.7 Å². The molecule has 0 saturated carbocycles. The molecule has 4 rings (SSSR count). The molecule has 29 heavy (non-hydrogen) atoms. The second kappa shape index (κ2) is 8.16. The van der Waals surface area contributed by atoms with Crippen molar-refractivity contribution in [2.24, 2.45) is 5.92 Å². The number of Topliss-reactive ketones (excluding diaryl/α,β-unsaturated/α-hetero) is 1. The van der Waals surface area contributed by atoms with Crippen molar-refractivity contribution in [1.29, 1.82) is 0 Å². The fourth-order valence-corrected chi connectivity index (χ4v) is 4.40. The highest BCUT2D eigenvalue weighted by molar-refractivity contribution is 7.16. The molecule has 0 unspecified atom stereocenters. The van der Waals surface area contributed by atoms with Gasteiger partial charge < -0.3 is 9.64 Å². The van der Waals surface area contributed by atoms with Crippen molar-refractivity contribution < 1.29 is 14.3 Å². The van der Waals surface area contributed by atoms with Crippen LogP contribution in [0.3, 0.4) is 0 Å². The third-order valence-electron chi connectivity index (χ3n) is 5.13. The Morgan fingerprint density at radius 1 is 1.14 bits per heavy atom. The second-order valence-corrected chi connectivity index (χ2v) is 7.94. The van der Waals surface area contributed by atoms with Gasteiger partial charge in [-0.05, 0) is 48.6 Å². The van der Waals surface area contributed by atoms with Crippen molar-refractivity contribution in [3.63, 3.8) is 0 Å². The third kappa shape index (κ3) is 4.07. The molecule has 0 spiro atoms. The van der Waals surface area contributed by atoms with Gasteiger partial charge in [0.1, 0.15) is 16.4 Å². The summed E-state index contributed by atoms with van der Waals surface area (Å²) in [6.07, 6.45) is 1.52. The van der Waals surface area contributed by atoms with Crippen LogP contribution < -0.4 is 15.0 Å². The molecule has 3 heterocycles. The van der Waals surface area contributed by atoms with E-state index in [4.69, 9.17) is 4.74 Å². The van der Waals surface area contributed by atoms with Gasteiger partial charge in [-0.1, -0.05) is 0 Å². The minimum Gasteiger partial charge on any atom is -0.497 e. The first-order chi connectivity index (χ1) is 14.0. The molecule has 1 aliphatic heterocycles. The van der Waals surface area contributed by atoms with Crippen LogP contribution in [0.4, 0.5) is 11.8 Å². The van der Waals surface area contributed by atoms with Crippen molar-refractivity contribution in [2.45, 2.75) is 19.8 Å². The van der Waals surface area contributed by atoms with Gasteiger partial charge in [-0.15, -0.1) is 11.3 Å². The Kier molecular flexibility index (Phi) is 5.44. The minimum atomic E-state index is -0.198. The number of amides is 1. The van der Waals surface area contributed by atoms with Crippen LogP contribution in [0, 0.1) is 5.92 Å². The van der Waals surface area contributed by atoms with E-state index >= 15 is 0 Å². The average molecular weight is 410 g/mol. The number of carbonyl (C=O) groups is 2. The predicted octanol–water partition coefficient (Wildman–Crippen LogP) is 3.76. The molecular weight excluding hydrogens is 388 g/mol. The highest BCUT2D eigenvalue weighted by atomic mass is 32.1. The number of hydrogen-bond donors (Lipinski definition) is 1. The van der Waals surface area contributed by atoms with Crippen molar-refractivity contribution in [1.82, 2.24) is 9.97 Å². The number of methoxy groups -OCH3 is 1. The van der Waals surface area contributed by atoms with Crippen LogP contribution in [0.1, 0.15) is 30.1 Å². The van der Waals surface area contributed by atoms with Crippen molar-refractivity contribution in [3.05, 3.63) is 41.3 Å². The molecule has 1 aliphatic rings. The Balaban J connectivity index is 1.50. The maximum Gasteiger partial charge on any atom is 0.232 e. The molecule has 0 bridgehead atoms. The predicted molar refractivity (Wildman–Crippen MR) is 114 cm³/mol. The summed E-state index contributed by atoms with van der Waals surface area (Å²) in [5, 5.41) is 5.63. The number of carbonyl (C=O) groups excluding carboxylic acids is 2. The number of ketones is 1. The normalized spacial score (nSPS) is 14.8. The Morgan fingerprint density at radius 2 is 1.86 bits per heavy atom. The summed E-state index contributed by atoms with van der Waals surface area (Å²) in [5.74, 6) is 1.85. The van der Waals surface area contributed by atoms with Crippen LogP contribution >= 0.6 is 11.3 Å². The number of rotatable bonds is 5. The fraction of sp³-hybridized carbons (Fsp3) is 0.333. The van der Waals surface area contributed by atoms with Gasteiger partial charge in [0.25, 0.3) is 0 Å². The van der Waals surface area contributed by atoms with E-state index in [0.717, 1.165) is 53.3 Å². The summed E-state index contributed by atoms with van der Waals surface area (Å²) in [4.78, 5) is 36.3. The zero-order valence-electron chi connectivity index (χ0n) is 16.3. The summed E-state index contributed by atoms with van der Waals surface area (Å²) >= 11 is 1.52. The van der Waals surface area contributed by atoms with Crippen LogP contribution in [0.5, 0.6) is 5.75 Å². The molecule has 0 radical (unpaired) electrons. The highest BCUT2D eigenvalue weighted by Crippen LogP contribution is 2.32. The lowest BCUT2D eigenvalue weighted by Crippen LogP contribution is -2.37. The van der Waals surface area contributed by atoms with E-state index in [2.05, 4.69) is 20.2 Å². The molecule has 2 aromatic heterocycles. The van der Waals surface area contributed by atoms with E-state index in [1.807, 2.05) is 35.7 Å². The van der Waals surface area contributed by atoms with Gasteiger partial charge in [0, 0.05) is 31.5 Å². The van der Waals surface area contributed by atoms with Gasteiger partial charge in [-0.2, -0.15) is 4.98 Å². The van der Waals surface area contributed by atoms with E-state index < -0.39 is 0 Å². The number of hydrogen-bond acceptors (Lipinski definition) is 7. The third-order valence-corrected chi connectivity index (χ3v) is 5.94. The average Bonchev–Trinajstić information content (AvgIpc) is 3.21. The van der Waals surface area contributed by atoms with Gasteiger partial charge in [0.15, 0.2) is 5.78 Å². The van der Waals surface area contributed by atoms with Gasteiger partial charge >= 0.3 is 0 Å². The summed E-state index contributed by atoms with van der Waals surface area (Å²) in [5.41, 5.74) is 0.722. The van der Waals surface area contributed by atoms with E-state index in [1.165, 1.54) is 18.3 Å². The number of benzene rings is 1. The standard InChI is InChI=1S/C21H22N4O3S/c1-13(26)22-21-23-19(17-9-12-29-20(17)24-21)25-10-7-15(8-11-25)18(27)14-3-5-16(28-2)6-4-14/h3-6,9,12,15H,7-8,10-11H2,1-2H3,(H,22,23,24,26). The summed E-state index contributed by atoms with van der Waals surface area (Å²) in [6, 6.07) is 9.29. The molecule has 1 saturated heterocycles. The topological polar surface area (TPSA) is 84.4 Å². The SMILES string of the molecule is COc1ccc(C(=O)C2CCN(c3nc(NC(C)=O)nc4sccc34)CC2)cc1. The lowest BCUT2D eigenvalue weighted by molar-refractivity contribution is -0.114. The zero-order valence-corrected chi connectivity index (χ0v) is 17.2. The first-order valence-electron chi connectivity index (χ1n) is 9.51. The number of fused-ring (bicyclic) bond motifs is 1. The highest BCUT2D eigenvalue weighted by Gasteiger charge is 2.27. The van der Waals surface area contributed by atoms with E-state index in [-0.39, 0.29) is 17.6 Å². The smallest absolute Gasteiger partial charge is 0.232 e. The number of thiophene rings is 1. The van der Waals surface area contributed by atoms with Crippen LogP contribution in [-0.4, -0.2) is 41.9 Å². The number of nitrogens with zero attached hydrogens (tertiary/aromatic N) is 3. The fourth-order valence-electron chi connectivity index (χ4n) is 3.64. The van der Waals surface area contributed by atoms with Crippen molar-refractivity contribution in [3.8, 4) is 5.75 Å². The van der Waals surface area contributed by atoms with Gasteiger partial charge in [0.05, 0.1) is 12.5 Å². The van der Waals surface area contributed by atoms with Gasteiger partial charge in [0.2, 0.25) is 11.9 Å². The number of nitrogens with one attached hydrogen (secondary N) is 1. The maximum atomic E-state index is 12.9. The van der Waals surface area contributed by atoms with Gasteiger partial charge in [-0.3, -0.25) is 14.9 Å². The second-order valence-electron chi connectivity index (χ2n) is 7.05. The molecule has 8 heteroatoms. The number of aromatic nitrogens is 2. The van der Waals surface area contributed by atoms with Gasteiger partial charge in [-0.25, -0.2) is 4.98 Å². The molecule has 1 amide bonds. The number of piperidine rings is 1. The molecule has 150 valence electrons. The quantitative estimate of drug-likeness (QED) is 0.645. The van der Waals surface area contributed by atoms with Crippen LogP contribution in [-0.2, 0) is 4.79 Å². The Labute approximate surface area is 172 Å². The van der Waals surface area contributed by atoms with E-state index in [0.29, 0.717) is 5.95 Å². The molecule has 1 fully saturated rings. The number of ether oxygens (including phenoxy) is 1.